The first-order chi connectivity index (χ1) is 14.1. The van der Waals surface area contributed by atoms with E-state index in [0.717, 1.165) is 42.1 Å². The van der Waals surface area contributed by atoms with Gasteiger partial charge in [-0.25, -0.2) is 14.5 Å². The molecule has 8 heteroatoms. The molecule has 4 aromatic rings. The third kappa shape index (κ3) is 3.71. The van der Waals surface area contributed by atoms with Crippen LogP contribution >= 0.6 is 0 Å². The zero-order chi connectivity index (χ0) is 20.4. The summed E-state index contributed by atoms with van der Waals surface area (Å²) in [7, 11) is 1.95. The van der Waals surface area contributed by atoms with Crippen LogP contribution in [0, 0.1) is 0 Å². The number of nitrogens with zero attached hydrogens (tertiary/aromatic N) is 6. The summed E-state index contributed by atoms with van der Waals surface area (Å²) in [5.74, 6) is 0.585. The van der Waals surface area contributed by atoms with E-state index in [1.165, 1.54) is 0 Å². The summed E-state index contributed by atoms with van der Waals surface area (Å²) in [6.07, 6.45) is 5.31. The smallest absolute Gasteiger partial charge is 0.257 e. The Hall–Kier alpha value is -3.26. The molecule has 29 heavy (non-hydrogen) atoms. The number of aromatic nitrogens is 5. The minimum Gasteiger partial charge on any atom is -0.345 e. The van der Waals surface area contributed by atoms with Crippen LogP contribution in [-0.2, 0) is 20.1 Å². The summed E-state index contributed by atoms with van der Waals surface area (Å²) in [5, 5.41) is 7.26. The van der Waals surface area contributed by atoms with Gasteiger partial charge in [0.25, 0.3) is 5.91 Å². The molecule has 0 fully saturated rings. The Labute approximate surface area is 169 Å². The molecular weight excluding hydrogens is 366 g/mol. The van der Waals surface area contributed by atoms with Gasteiger partial charge in [-0.3, -0.25) is 9.69 Å². The highest BCUT2D eigenvalue weighted by atomic mass is 16.1. The molecule has 4 rings (SSSR count). The Balaban J connectivity index is 1.50. The molecular formula is C21H25N7O. The number of carbonyl (C=O) groups is 1. The average molecular weight is 391 g/mol. The Bertz CT molecular complexity index is 1160. The summed E-state index contributed by atoms with van der Waals surface area (Å²) in [6.45, 7) is 7.37. The molecule has 0 saturated carbocycles. The van der Waals surface area contributed by atoms with Crippen LogP contribution in [0.4, 0.5) is 0 Å². The highest BCUT2D eigenvalue weighted by molar-refractivity contribution is 5.99. The van der Waals surface area contributed by atoms with E-state index in [4.69, 9.17) is 0 Å². The van der Waals surface area contributed by atoms with Crippen molar-refractivity contribution < 1.29 is 4.79 Å². The van der Waals surface area contributed by atoms with Crippen molar-refractivity contribution in [3.63, 3.8) is 0 Å². The zero-order valence-electron chi connectivity index (χ0n) is 17.0. The molecule has 3 aromatic heterocycles. The fraction of sp³-hybridized carbons (Fsp3) is 0.333. The molecule has 1 N–H and O–H groups in total. The number of fused-ring (bicyclic) bond motifs is 2. The number of rotatable bonds is 7. The largest absolute Gasteiger partial charge is 0.345 e. The van der Waals surface area contributed by atoms with Gasteiger partial charge in [0.1, 0.15) is 11.4 Å². The van der Waals surface area contributed by atoms with Gasteiger partial charge in [-0.05, 0) is 25.2 Å². The summed E-state index contributed by atoms with van der Waals surface area (Å²) >= 11 is 0. The predicted molar refractivity (Wildman–Crippen MR) is 111 cm³/mol. The highest BCUT2D eigenvalue weighted by Gasteiger charge is 2.16. The number of aryl methyl sites for hydroxylation is 1. The van der Waals surface area contributed by atoms with Crippen molar-refractivity contribution in [2.24, 2.45) is 7.05 Å². The number of carbonyl (C=O) groups excluding carboxylic acids is 1. The second-order valence-electron chi connectivity index (χ2n) is 7.01. The molecule has 8 nitrogen and oxygen atoms in total. The number of hydrogen-bond donors (Lipinski definition) is 1. The molecule has 0 aliphatic rings. The molecule has 0 unspecified atom stereocenters. The van der Waals surface area contributed by atoms with Crippen LogP contribution in [0.25, 0.3) is 16.7 Å². The van der Waals surface area contributed by atoms with Crippen molar-refractivity contribution in [2.45, 2.75) is 26.9 Å². The summed E-state index contributed by atoms with van der Waals surface area (Å²) in [6, 6.07) is 7.91. The minimum absolute atomic E-state index is 0.212. The lowest BCUT2D eigenvalue weighted by atomic mass is 10.3. The van der Waals surface area contributed by atoms with Crippen LogP contribution in [0.2, 0.25) is 0 Å². The molecule has 0 saturated heterocycles. The Morgan fingerprint density at radius 3 is 2.72 bits per heavy atom. The van der Waals surface area contributed by atoms with Gasteiger partial charge in [0.15, 0.2) is 5.65 Å². The number of nitrogens with one attached hydrogen (secondary N) is 1. The lowest BCUT2D eigenvalue weighted by Gasteiger charge is -2.17. The second-order valence-corrected chi connectivity index (χ2v) is 7.01. The first-order valence-corrected chi connectivity index (χ1v) is 9.83. The maximum Gasteiger partial charge on any atom is 0.257 e. The zero-order valence-corrected chi connectivity index (χ0v) is 17.0. The lowest BCUT2D eigenvalue weighted by molar-refractivity contribution is 0.0951. The molecule has 0 aliphatic carbocycles. The molecule has 1 aromatic carbocycles. The maximum atomic E-state index is 12.7. The van der Waals surface area contributed by atoms with Crippen LogP contribution < -0.4 is 5.32 Å². The molecule has 1 amide bonds. The summed E-state index contributed by atoms with van der Waals surface area (Å²) in [5.41, 5.74) is 4.03. The first kappa shape index (κ1) is 19.1. The SMILES string of the molecule is CCN(CC)Cc1cnc2c(C(=O)NCc3nc4ccccc4n3C)cnn2c1. The molecule has 0 radical (unpaired) electrons. The monoisotopic (exact) mass is 391 g/mol. The van der Waals surface area contributed by atoms with Crippen molar-refractivity contribution in [3.05, 3.63) is 59.8 Å². The normalized spacial score (nSPS) is 11.6. The molecule has 0 bridgehead atoms. The summed E-state index contributed by atoms with van der Waals surface area (Å²) in [4.78, 5) is 24.1. The van der Waals surface area contributed by atoms with Gasteiger partial charge < -0.3 is 9.88 Å². The Kier molecular flexibility index (Phi) is 5.26. The van der Waals surface area contributed by atoms with Gasteiger partial charge in [-0.15, -0.1) is 0 Å². The number of amides is 1. The fourth-order valence-corrected chi connectivity index (χ4v) is 3.47. The maximum absolute atomic E-state index is 12.7. The van der Waals surface area contributed by atoms with Crippen molar-refractivity contribution >= 4 is 22.6 Å². The van der Waals surface area contributed by atoms with Gasteiger partial charge in [0, 0.05) is 31.5 Å². The van der Waals surface area contributed by atoms with Crippen molar-refractivity contribution in [1.82, 2.24) is 34.4 Å². The third-order valence-electron chi connectivity index (χ3n) is 5.24. The van der Waals surface area contributed by atoms with Crippen molar-refractivity contribution in [1.29, 1.82) is 0 Å². The fourth-order valence-electron chi connectivity index (χ4n) is 3.47. The predicted octanol–water partition coefficient (Wildman–Crippen LogP) is 2.39. The number of benzene rings is 1. The van der Waals surface area contributed by atoms with E-state index in [0.29, 0.717) is 17.8 Å². The highest BCUT2D eigenvalue weighted by Crippen LogP contribution is 2.15. The molecule has 0 spiro atoms. The van der Waals surface area contributed by atoms with E-state index in [1.54, 1.807) is 10.7 Å². The van der Waals surface area contributed by atoms with Crippen LogP contribution in [0.5, 0.6) is 0 Å². The van der Waals surface area contributed by atoms with Gasteiger partial charge in [-0.2, -0.15) is 5.10 Å². The van der Waals surface area contributed by atoms with Gasteiger partial charge in [0.05, 0.1) is 23.8 Å². The van der Waals surface area contributed by atoms with Crippen LogP contribution in [-0.4, -0.2) is 48.0 Å². The van der Waals surface area contributed by atoms with Gasteiger partial charge in [-0.1, -0.05) is 26.0 Å². The Morgan fingerprint density at radius 2 is 1.97 bits per heavy atom. The van der Waals surface area contributed by atoms with E-state index >= 15 is 0 Å². The van der Waals surface area contributed by atoms with Gasteiger partial charge >= 0.3 is 0 Å². The average Bonchev–Trinajstić information content (AvgIpc) is 3.31. The molecule has 0 aliphatic heterocycles. The lowest BCUT2D eigenvalue weighted by Crippen LogP contribution is -2.24. The van der Waals surface area contributed by atoms with E-state index in [2.05, 4.69) is 39.1 Å². The number of imidazole rings is 1. The van der Waals surface area contributed by atoms with E-state index in [-0.39, 0.29) is 5.91 Å². The topological polar surface area (TPSA) is 80.3 Å². The first-order valence-electron chi connectivity index (χ1n) is 9.83. The summed E-state index contributed by atoms with van der Waals surface area (Å²) < 4.78 is 3.66. The number of para-hydroxylation sites is 2. The third-order valence-corrected chi connectivity index (χ3v) is 5.24. The molecule has 0 atom stereocenters. The van der Waals surface area contributed by atoms with E-state index in [9.17, 15) is 4.79 Å². The molecule has 150 valence electrons. The standard InChI is InChI=1S/C21H25N7O/c1-4-27(5-2)13-15-10-22-20-16(11-24-28(20)14-15)21(29)23-12-19-25-17-8-6-7-9-18(17)26(19)3/h6-11,14H,4-5,12-13H2,1-3H3,(H,23,29). The van der Waals surface area contributed by atoms with Crippen molar-refractivity contribution in [3.8, 4) is 0 Å². The molecule has 3 heterocycles. The van der Waals surface area contributed by atoms with Crippen LogP contribution in [0.1, 0.15) is 35.6 Å². The second kappa shape index (κ2) is 8.00. The van der Waals surface area contributed by atoms with Crippen molar-refractivity contribution in [2.75, 3.05) is 13.1 Å². The Morgan fingerprint density at radius 1 is 1.17 bits per heavy atom. The van der Waals surface area contributed by atoms with Crippen LogP contribution in [0.15, 0.2) is 42.9 Å². The quantitative estimate of drug-likeness (QED) is 0.523. The number of hydrogen-bond acceptors (Lipinski definition) is 5. The van der Waals surface area contributed by atoms with E-state index < -0.39 is 0 Å². The minimum atomic E-state index is -0.212. The van der Waals surface area contributed by atoms with E-state index in [1.807, 2.05) is 48.3 Å². The van der Waals surface area contributed by atoms with Gasteiger partial charge in [0.2, 0.25) is 0 Å². The van der Waals surface area contributed by atoms with Crippen LogP contribution in [0.3, 0.4) is 0 Å².